The van der Waals surface area contributed by atoms with Crippen LogP contribution in [0.1, 0.15) is 25.0 Å². The molecule has 0 radical (unpaired) electrons. The van der Waals surface area contributed by atoms with Crippen LogP contribution in [-0.4, -0.2) is 24.1 Å². The van der Waals surface area contributed by atoms with Crippen molar-refractivity contribution in [2.45, 2.75) is 19.3 Å². The number of benzene rings is 8. The van der Waals surface area contributed by atoms with Crippen molar-refractivity contribution in [1.82, 2.24) is 24.1 Å². The fourth-order valence-corrected chi connectivity index (χ4v) is 9.60. The fraction of sp³-hybridized carbons (Fsp3) is 0.0556. The SMILES string of the molecule is CC1(C)c2ccccc2-c2ccc(-n3c4ccccc4c4c5c6ccccc6n(-c6ccc(-c7nc(-c8ccccc8)nc(-c8ccccc8)n7)cc6)c5ccc43)cc21. The molecule has 12 rings (SSSR count). The first-order valence-corrected chi connectivity index (χ1v) is 20.2. The first kappa shape index (κ1) is 33.5. The molecule has 0 fully saturated rings. The Morgan fingerprint density at radius 1 is 0.356 bits per heavy atom. The number of nitrogens with zero attached hydrogens (tertiary/aromatic N) is 5. The highest BCUT2D eigenvalue weighted by Gasteiger charge is 2.35. The Hall–Kier alpha value is -7.63. The van der Waals surface area contributed by atoms with Gasteiger partial charge in [0.2, 0.25) is 0 Å². The standard InChI is InChI=1S/C54H37N5/c1-54(2)43-22-12-9-19-39(43)40-30-29-38(33-44(40)54)59-46-24-14-11-21-42(46)50-48(59)32-31-47-49(50)41-20-10-13-23-45(41)58(47)37-27-25-36(26-28-37)53-56-51(34-15-5-3-6-16-34)55-52(57-53)35-17-7-4-8-18-35/h3-33H,1-2H3. The number of hydrogen-bond acceptors (Lipinski definition) is 3. The van der Waals surface area contributed by atoms with Crippen molar-refractivity contribution in [2.75, 3.05) is 0 Å². The van der Waals surface area contributed by atoms with Crippen LogP contribution in [-0.2, 0) is 5.41 Å². The van der Waals surface area contributed by atoms with E-state index in [0.29, 0.717) is 17.5 Å². The predicted octanol–water partition coefficient (Wildman–Crippen LogP) is 13.4. The van der Waals surface area contributed by atoms with Crippen molar-refractivity contribution >= 4 is 43.6 Å². The molecule has 59 heavy (non-hydrogen) atoms. The third kappa shape index (κ3) is 5.01. The van der Waals surface area contributed by atoms with Gasteiger partial charge in [0.1, 0.15) is 0 Å². The summed E-state index contributed by atoms with van der Waals surface area (Å²) in [7, 11) is 0. The minimum absolute atomic E-state index is 0.0885. The molecule has 278 valence electrons. The molecule has 0 amide bonds. The number of fused-ring (bicyclic) bond motifs is 10. The summed E-state index contributed by atoms with van der Waals surface area (Å²) in [6.07, 6.45) is 0. The van der Waals surface area contributed by atoms with Gasteiger partial charge in [0, 0.05) is 55.0 Å². The second-order valence-corrected chi connectivity index (χ2v) is 16.0. The number of para-hydroxylation sites is 2. The quantitative estimate of drug-likeness (QED) is 0.176. The molecule has 11 aromatic rings. The number of hydrogen-bond donors (Lipinski definition) is 0. The van der Waals surface area contributed by atoms with E-state index in [-0.39, 0.29) is 5.41 Å². The van der Waals surface area contributed by atoms with Gasteiger partial charge in [0.05, 0.1) is 22.1 Å². The molecule has 3 aromatic heterocycles. The Labute approximate surface area is 341 Å². The van der Waals surface area contributed by atoms with Crippen LogP contribution in [0.3, 0.4) is 0 Å². The zero-order valence-electron chi connectivity index (χ0n) is 32.6. The maximum absolute atomic E-state index is 4.99. The second-order valence-electron chi connectivity index (χ2n) is 16.0. The van der Waals surface area contributed by atoms with Gasteiger partial charge in [-0.15, -0.1) is 0 Å². The molecule has 0 bridgehead atoms. The monoisotopic (exact) mass is 755 g/mol. The number of aromatic nitrogens is 5. The van der Waals surface area contributed by atoms with Crippen LogP contribution in [0, 0.1) is 0 Å². The molecule has 5 nitrogen and oxygen atoms in total. The third-order valence-electron chi connectivity index (χ3n) is 12.4. The first-order chi connectivity index (χ1) is 29.0. The fourth-order valence-electron chi connectivity index (χ4n) is 9.60. The smallest absolute Gasteiger partial charge is 0.164 e. The van der Waals surface area contributed by atoms with E-state index >= 15 is 0 Å². The molecule has 0 N–H and O–H groups in total. The van der Waals surface area contributed by atoms with Gasteiger partial charge in [-0.05, 0) is 82.9 Å². The predicted molar refractivity (Wildman–Crippen MR) is 242 cm³/mol. The van der Waals surface area contributed by atoms with E-state index in [4.69, 9.17) is 15.0 Å². The molecule has 0 atom stereocenters. The zero-order chi connectivity index (χ0) is 39.2. The topological polar surface area (TPSA) is 48.5 Å². The van der Waals surface area contributed by atoms with E-state index in [0.717, 1.165) is 33.4 Å². The minimum Gasteiger partial charge on any atom is -0.309 e. The highest BCUT2D eigenvalue weighted by molar-refractivity contribution is 6.28. The lowest BCUT2D eigenvalue weighted by Crippen LogP contribution is -2.15. The summed E-state index contributed by atoms with van der Waals surface area (Å²) in [5, 5.41) is 4.99. The van der Waals surface area contributed by atoms with Gasteiger partial charge in [-0.2, -0.15) is 0 Å². The molecule has 0 saturated carbocycles. The first-order valence-electron chi connectivity index (χ1n) is 20.2. The highest BCUT2D eigenvalue weighted by atomic mass is 15.0. The molecule has 8 aromatic carbocycles. The van der Waals surface area contributed by atoms with Gasteiger partial charge >= 0.3 is 0 Å². The zero-order valence-corrected chi connectivity index (χ0v) is 32.6. The van der Waals surface area contributed by atoms with E-state index in [1.165, 1.54) is 60.5 Å². The Bertz CT molecular complexity index is 3390. The minimum atomic E-state index is -0.0885. The molecule has 1 aliphatic carbocycles. The van der Waals surface area contributed by atoms with Gasteiger partial charge in [-0.1, -0.05) is 141 Å². The maximum atomic E-state index is 4.99. The normalized spacial score (nSPS) is 13.1. The van der Waals surface area contributed by atoms with Gasteiger partial charge in [0.15, 0.2) is 17.5 Å². The van der Waals surface area contributed by atoms with E-state index in [9.17, 15) is 0 Å². The summed E-state index contributed by atoms with van der Waals surface area (Å²) >= 11 is 0. The van der Waals surface area contributed by atoms with Crippen LogP contribution in [0.5, 0.6) is 0 Å². The Balaban J connectivity index is 1.03. The van der Waals surface area contributed by atoms with Gasteiger partial charge in [0.25, 0.3) is 0 Å². The second kappa shape index (κ2) is 12.7. The molecule has 0 unspecified atom stereocenters. The van der Waals surface area contributed by atoms with E-state index in [1.807, 2.05) is 60.7 Å². The van der Waals surface area contributed by atoms with Crippen LogP contribution in [0.15, 0.2) is 188 Å². The van der Waals surface area contributed by atoms with Gasteiger partial charge in [-0.3, -0.25) is 0 Å². The number of rotatable bonds is 5. The molecule has 5 heteroatoms. The van der Waals surface area contributed by atoms with Crippen molar-refractivity contribution in [2.24, 2.45) is 0 Å². The van der Waals surface area contributed by atoms with Gasteiger partial charge < -0.3 is 9.13 Å². The molecule has 0 aliphatic heterocycles. The van der Waals surface area contributed by atoms with Crippen molar-refractivity contribution in [3.63, 3.8) is 0 Å². The Morgan fingerprint density at radius 3 is 1.37 bits per heavy atom. The summed E-state index contributed by atoms with van der Waals surface area (Å²) in [6, 6.07) is 67.1. The lowest BCUT2D eigenvalue weighted by atomic mass is 9.82. The molecule has 0 saturated heterocycles. The molecule has 0 spiro atoms. The third-order valence-corrected chi connectivity index (χ3v) is 12.4. The van der Waals surface area contributed by atoms with Crippen LogP contribution in [0.2, 0.25) is 0 Å². The van der Waals surface area contributed by atoms with Crippen molar-refractivity contribution in [1.29, 1.82) is 0 Å². The highest BCUT2D eigenvalue weighted by Crippen LogP contribution is 2.50. The Kier molecular flexibility index (Phi) is 7.20. The average molecular weight is 756 g/mol. The summed E-state index contributed by atoms with van der Waals surface area (Å²) in [5.41, 5.74) is 15.1. The van der Waals surface area contributed by atoms with Crippen LogP contribution >= 0.6 is 0 Å². The lowest BCUT2D eigenvalue weighted by molar-refractivity contribution is 0.660. The van der Waals surface area contributed by atoms with Crippen LogP contribution < -0.4 is 0 Å². The van der Waals surface area contributed by atoms with Crippen molar-refractivity contribution in [3.8, 4) is 56.7 Å². The van der Waals surface area contributed by atoms with E-state index < -0.39 is 0 Å². The molecule has 1 aliphatic rings. The summed E-state index contributed by atoms with van der Waals surface area (Å²) < 4.78 is 4.86. The van der Waals surface area contributed by atoms with E-state index in [2.05, 4.69) is 150 Å². The van der Waals surface area contributed by atoms with Gasteiger partial charge in [-0.25, -0.2) is 15.0 Å². The molecular weight excluding hydrogens is 719 g/mol. The maximum Gasteiger partial charge on any atom is 0.164 e. The van der Waals surface area contributed by atoms with Crippen molar-refractivity contribution < 1.29 is 0 Å². The van der Waals surface area contributed by atoms with Crippen LogP contribution in [0.25, 0.3) is 100 Å². The molecule has 3 heterocycles. The largest absolute Gasteiger partial charge is 0.309 e. The average Bonchev–Trinajstić information content (AvgIpc) is 3.90. The van der Waals surface area contributed by atoms with Crippen molar-refractivity contribution in [3.05, 3.63) is 199 Å². The van der Waals surface area contributed by atoms with E-state index in [1.54, 1.807) is 0 Å². The van der Waals surface area contributed by atoms with Crippen LogP contribution in [0.4, 0.5) is 0 Å². The Morgan fingerprint density at radius 2 is 0.797 bits per heavy atom. The lowest BCUT2D eigenvalue weighted by Gasteiger charge is -2.22. The summed E-state index contributed by atoms with van der Waals surface area (Å²) in [5.74, 6) is 1.94. The molecular formula is C54H37N5. The summed E-state index contributed by atoms with van der Waals surface area (Å²) in [4.78, 5) is 14.9. The summed E-state index contributed by atoms with van der Waals surface area (Å²) in [6.45, 7) is 4.71.